The van der Waals surface area contributed by atoms with Gasteiger partial charge < -0.3 is 10.2 Å². The van der Waals surface area contributed by atoms with Gasteiger partial charge in [0, 0.05) is 20.0 Å². The van der Waals surface area contributed by atoms with Gasteiger partial charge in [-0.1, -0.05) is 17.7 Å². The van der Waals surface area contributed by atoms with Gasteiger partial charge in [0.2, 0.25) is 11.8 Å². The number of alkyl halides is 1. The van der Waals surface area contributed by atoms with Gasteiger partial charge in [-0.05, 0) is 24.1 Å². The molecule has 0 spiro atoms. The van der Waals surface area contributed by atoms with E-state index in [1.807, 2.05) is 0 Å². The second-order valence-electron chi connectivity index (χ2n) is 5.27. The zero-order valence-corrected chi connectivity index (χ0v) is 12.9. The van der Waals surface area contributed by atoms with Crippen molar-refractivity contribution in [2.24, 2.45) is 5.92 Å². The number of amides is 2. The maximum Gasteiger partial charge on any atom is 0.226 e. The minimum atomic E-state index is -0.627. The molecule has 0 radical (unpaired) electrons. The third-order valence-electron chi connectivity index (χ3n) is 3.82. The largest absolute Gasteiger partial charge is 0.356 e. The van der Waals surface area contributed by atoms with Crippen molar-refractivity contribution in [3.63, 3.8) is 0 Å². The van der Waals surface area contributed by atoms with Crippen LogP contribution in [0.25, 0.3) is 0 Å². The summed E-state index contributed by atoms with van der Waals surface area (Å²) in [5.74, 6) is -1.74. The summed E-state index contributed by atoms with van der Waals surface area (Å²) in [6, 6.07) is 3.70. The molecule has 1 fully saturated rings. The number of likely N-dealkylation sites (tertiary alicyclic amines) is 1. The molecule has 4 nitrogen and oxygen atoms in total. The maximum absolute atomic E-state index is 13.7. The minimum absolute atomic E-state index is 0.0142. The lowest BCUT2D eigenvalue weighted by Crippen LogP contribution is -2.35. The first kappa shape index (κ1) is 16.7. The monoisotopic (exact) mass is 330 g/mol. The molecule has 0 aliphatic carbocycles. The van der Waals surface area contributed by atoms with Crippen LogP contribution in [0.1, 0.15) is 24.4 Å². The van der Waals surface area contributed by atoms with E-state index in [0.717, 1.165) is 0 Å². The molecule has 0 bridgehead atoms. The van der Waals surface area contributed by atoms with Crippen molar-refractivity contribution in [1.29, 1.82) is 0 Å². The van der Waals surface area contributed by atoms with Gasteiger partial charge in [-0.2, -0.15) is 0 Å². The quantitative estimate of drug-likeness (QED) is 0.843. The van der Waals surface area contributed by atoms with Crippen molar-refractivity contribution < 1.29 is 18.4 Å². The molecular formula is C15H17ClF2N2O2. The van der Waals surface area contributed by atoms with Gasteiger partial charge in [0.05, 0.1) is 23.7 Å². The predicted molar refractivity (Wildman–Crippen MR) is 78.6 cm³/mol. The van der Waals surface area contributed by atoms with E-state index in [9.17, 15) is 18.4 Å². The fraction of sp³-hybridized carbons (Fsp3) is 0.467. The summed E-state index contributed by atoms with van der Waals surface area (Å²) >= 11 is 5.67. The molecule has 2 atom stereocenters. The summed E-state index contributed by atoms with van der Waals surface area (Å²) in [5.41, 5.74) is 0.515. The fourth-order valence-corrected chi connectivity index (χ4v) is 2.78. The summed E-state index contributed by atoms with van der Waals surface area (Å²) in [6.45, 7) is -0.305. The van der Waals surface area contributed by atoms with Gasteiger partial charge >= 0.3 is 0 Å². The van der Waals surface area contributed by atoms with Crippen molar-refractivity contribution >= 4 is 23.4 Å². The van der Waals surface area contributed by atoms with Gasteiger partial charge in [-0.25, -0.2) is 4.39 Å². The van der Waals surface area contributed by atoms with Crippen LogP contribution in [-0.4, -0.2) is 37.0 Å². The number of rotatable bonds is 5. The van der Waals surface area contributed by atoms with Crippen molar-refractivity contribution in [2.45, 2.75) is 18.9 Å². The summed E-state index contributed by atoms with van der Waals surface area (Å²) < 4.78 is 25.8. The Labute approximate surface area is 132 Å². The number of hydrogen-bond donors (Lipinski definition) is 1. The van der Waals surface area contributed by atoms with Crippen LogP contribution in [0.15, 0.2) is 18.2 Å². The first-order valence-electron chi connectivity index (χ1n) is 7.00. The number of nitrogens with one attached hydrogen (secondary N) is 1. The van der Waals surface area contributed by atoms with E-state index in [1.165, 1.54) is 17.0 Å². The van der Waals surface area contributed by atoms with Crippen molar-refractivity contribution in [3.8, 4) is 0 Å². The molecular weight excluding hydrogens is 314 g/mol. The number of benzene rings is 1. The second kappa shape index (κ2) is 7.05. The Kier molecular flexibility index (Phi) is 5.34. The molecule has 1 aliphatic rings. The smallest absolute Gasteiger partial charge is 0.226 e. The van der Waals surface area contributed by atoms with Crippen molar-refractivity contribution in [2.75, 3.05) is 20.3 Å². The number of nitrogens with zero attached hydrogens (tertiary/aromatic N) is 1. The first-order chi connectivity index (χ1) is 10.5. The summed E-state index contributed by atoms with van der Waals surface area (Å²) in [4.78, 5) is 25.6. The van der Waals surface area contributed by atoms with E-state index < -0.39 is 24.5 Å². The van der Waals surface area contributed by atoms with Crippen molar-refractivity contribution in [1.82, 2.24) is 10.2 Å². The molecule has 1 saturated heterocycles. The molecule has 0 saturated carbocycles. The van der Waals surface area contributed by atoms with E-state index >= 15 is 0 Å². The number of hydrogen-bond acceptors (Lipinski definition) is 2. The number of carbonyl (C=O) groups is 2. The molecule has 1 aromatic carbocycles. The Bertz CT molecular complexity index is 583. The Morgan fingerprint density at radius 2 is 2.23 bits per heavy atom. The third-order valence-corrected chi connectivity index (χ3v) is 4.12. The van der Waals surface area contributed by atoms with Crippen LogP contribution >= 0.6 is 11.6 Å². The van der Waals surface area contributed by atoms with Crippen molar-refractivity contribution in [3.05, 3.63) is 34.6 Å². The van der Waals surface area contributed by atoms with Crippen LogP contribution in [0, 0.1) is 11.7 Å². The van der Waals surface area contributed by atoms with Crippen LogP contribution in [0.4, 0.5) is 8.78 Å². The van der Waals surface area contributed by atoms with Crippen LogP contribution in [0.5, 0.6) is 0 Å². The van der Waals surface area contributed by atoms with Gasteiger partial charge in [0.15, 0.2) is 0 Å². The molecule has 120 valence electrons. The minimum Gasteiger partial charge on any atom is -0.356 e. The fourth-order valence-electron chi connectivity index (χ4n) is 2.67. The van der Waals surface area contributed by atoms with E-state index in [4.69, 9.17) is 11.6 Å². The number of carbonyl (C=O) groups excluding carboxylic acids is 2. The summed E-state index contributed by atoms with van der Waals surface area (Å²) in [5, 5.41) is 2.60. The molecule has 22 heavy (non-hydrogen) atoms. The molecule has 0 unspecified atom stereocenters. The van der Waals surface area contributed by atoms with Crippen LogP contribution < -0.4 is 5.32 Å². The van der Waals surface area contributed by atoms with Crippen LogP contribution in [0.2, 0.25) is 5.02 Å². The zero-order chi connectivity index (χ0) is 16.3. The van der Waals surface area contributed by atoms with Gasteiger partial charge in [-0.3, -0.25) is 14.0 Å². The molecule has 1 aliphatic heterocycles. The van der Waals surface area contributed by atoms with Crippen LogP contribution in [-0.2, 0) is 9.59 Å². The van der Waals surface area contributed by atoms with E-state index in [0.29, 0.717) is 5.56 Å². The van der Waals surface area contributed by atoms with Gasteiger partial charge in [-0.15, -0.1) is 0 Å². The lowest BCUT2D eigenvalue weighted by Gasteiger charge is -2.25. The standard InChI is InChI=1S/C15H17ClF2N2O2/c1-20-13(21)8-10(15(22)19-6-2-5-17)14(20)9-3-4-11(16)12(18)7-9/h3-4,7,10,14H,2,5-6,8H2,1H3,(H,19,22)/t10-,14-/m1/s1. The highest BCUT2D eigenvalue weighted by Gasteiger charge is 2.42. The number of halogens is 3. The molecule has 2 amide bonds. The normalized spacial score (nSPS) is 21.3. The van der Waals surface area contributed by atoms with Crippen LogP contribution in [0.3, 0.4) is 0 Å². The maximum atomic E-state index is 13.7. The van der Waals surface area contributed by atoms with E-state index in [2.05, 4.69) is 5.32 Å². The highest BCUT2D eigenvalue weighted by molar-refractivity contribution is 6.30. The second-order valence-corrected chi connectivity index (χ2v) is 5.67. The van der Waals surface area contributed by atoms with E-state index in [-0.39, 0.29) is 36.2 Å². The molecule has 1 aromatic rings. The topological polar surface area (TPSA) is 49.4 Å². The van der Waals surface area contributed by atoms with Gasteiger partial charge in [0.1, 0.15) is 5.82 Å². The lowest BCUT2D eigenvalue weighted by atomic mass is 9.93. The van der Waals surface area contributed by atoms with Gasteiger partial charge in [0.25, 0.3) is 0 Å². The van der Waals surface area contributed by atoms with E-state index in [1.54, 1.807) is 13.1 Å². The average Bonchev–Trinajstić information content (AvgIpc) is 2.78. The third kappa shape index (κ3) is 3.38. The first-order valence-corrected chi connectivity index (χ1v) is 7.37. The lowest BCUT2D eigenvalue weighted by molar-refractivity contribution is -0.128. The predicted octanol–water partition coefficient (Wildman–Crippen LogP) is 2.47. The molecule has 1 N–H and O–H groups in total. The zero-order valence-electron chi connectivity index (χ0n) is 12.1. The Hall–Kier alpha value is -1.69. The Morgan fingerprint density at radius 1 is 1.50 bits per heavy atom. The average molecular weight is 331 g/mol. The summed E-state index contributed by atoms with van der Waals surface area (Å²) in [6.07, 6.45) is 0.273. The Morgan fingerprint density at radius 3 is 2.86 bits per heavy atom. The highest BCUT2D eigenvalue weighted by atomic mass is 35.5. The summed E-state index contributed by atoms with van der Waals surface area (Å²) in [7, 11) is 1.58. The Balaban J connectivity index is 2.22. The molecule has 0 aromatic heterocycles. The SMILES string of the molecule is CN1C(=O)C[C@@H](C(=O)NCCCF)[C@H]1c1ccc(Cl)c(F)c1. The molecule has 1 heterocycles. The molecule has 7 heteroatoms. The molecule has 2 rings (SSSR count). The highest BCUT2D eigenvalue weighted by Crippen LogP contribution is 2.38.